The molecular formula is C21H19N5O3. The minimum atomic E-state index is -0.937. The summed E-state index contributed by atoms with van der Waals surface area (Å²) in [5.74, 6) is -1.01. The lowest BCUT2D eigenvalue weighted by Gasteiger charge is -2.28. The molecule has 0 aliphatic carbocycles. The second-order valence-corrected chi connectivity index (χ2v) is 7.06. The summed E-state index contributed by atoms with van der Waals surface area (Å²) in [6.07, 6.45) is 4.92. The molecule has 0 unspecified atom stereocenters. The number of nitrogens with one attached hydrogen (secondary N) is 1. The Kier molecular flexibility index (Phi) is 4.67. The van der Waals surface area contributed by atoms with Gasteiger partial charge >= 0.3 is 0 Å². The van der Waals surface area contributed by atoms with E-state index in [0.717, 1.165) is 4.90 Å². The molecule has 3 amide bonds. The van der Waals surface area contributed by atoms with Gasteiger partial charge in [-0.3, -0.25) is 19.3 Å². The quantitative estimate of drug-likeness (QED) is 0.677. The van der Waals surface area contributed by atoms with Gasteiger partial charge in [0.25, 0.3) is 11.8 Å². The number of hydrogen-bond donors (Lipinski definition) is 1. The lowest BCUT2D eigenvalue weighted by Crippen LogP contribution is -2.50. The van der Waals surface area contributed by atoms with E-state index in [-0.39, 0.29) is 5.92 Å². The molecule has 4 rings (SSSR count). The van der Waals surface area contributed by atoms with E-state index in [9.17, 15) is 14.4 Å². The summed E-state index contributed by atoms with van der Waals surface area (Å²) >= 11 is 0. The first-order valence-corrected chi connectivity index (χ1v) is 9.21. The minimum Gasteiger partial charge on any atom is -0.323 e. The van der Waals surface area contributed by atoms with E-state index in [1.54, 1.807) is 73.4 Å². The highest BCUT2D eigenvalue weighted by atomic mass is 16.2. The third-order valence-corrected chi connectivity index (χ3v) is 4.76. The first kappa shape index (κ1) is 18.5. The van der Waals surface area contributed by atoms with E-state index >= 15 is 0 Å². The second kappa shape index (κ2) is 7.31. The van der Waals surface area contributed by atoms with Crippen molar-refractivity contribution in [3.8, 4) is 5.82 Å². The number of nitrogens with zero attached hydrogens (tertiary/aromatic N) is 4. The average Bonchev–Trinajstić information content (AvgIpc) is 3.33. The molecule has 1 aromatic carbocycles. The van der Waals surface area contributed by atoms with Crippen molar-refractivity contribution in [1.82, 2.24) is 19.7 Å². The van der Waals surface area contributed by atoms with Gasteiger partial charge in [-0.15, -0.1) is 0 Å². The van der Waals surface area contributed by atoms with Gasteiger partial charge in [0, 0.05) is 12.4 Å². The lowest BCUT2D eigenvalue weighted by atomic mass is 10.0. The third-order valence-electron chi connectivity index (χ3n) is 4.76. The molecule has 0 fully saturated rings. The maximum Gasteiger partial charge on any atom is 0.262 e. The van der Waals surface area contributed by atoms with Crippen molar-refractivity contribution in [3.05, 3.63) is 72.2 Å². The van der Waals surface area contributed by atoms with Crippen molar-refractivity contribution < 1.29 is 14.4 Å². The van der Waals surface area contributed by atoms with Crippen molar-refractivity contribution in [1.29, 1.82) is 0 Å². The number of benzene rings is 1. The summed E-state index contributed by atoms with van der Waals surface area (Å²) < 4.78 is 1.60. The molecule has 1 N–H and O–H groups in total. The molecule has 0 radical (unpaired) electrons. The number of carbonyl (C=O) groups is 3. The van der Waals surface area contributed by atoms with E-state index in [2.05, 4.69) is 15.4 Å². The van der Waals surface area contributed by atoms with Gasteiger partial charge < -0.3 is 5.32 Å². The Hall–Kier alpha value is -3.81. The Labute approximate surface area is 167 Å². The molecule has 8 heteroatoms. The van der Waals surface area contributed by atoms with Crippen LogP contribution < -0.4 is 5.32 Å². The zero-order chi connectivity index (χ0) is 20.5. The van der Waals surface area contributed by atoms with Crippen LogP contribution in [0.5, 0.6) is 0 Å². The summed E-state index contributed by atoms with van der Waals surface area (Å²) in [5.41, 5.74) is 1.11. The van der Waals surface area contributed by atoms with Gasteiger partial charge in [0.15, 0.2) is 5.82 Å². The predicted molar refractivity (Wildman–Crippen MR) is 106 cm³/mol. The molecule has 29 heavy (non-hydrogen) atoms. The Bertz CT molecular complexity index is 1040. The number of imide groups is 1. The van der Waals surface area contributed by atoms with Crippen molar-refractivity contribution in [2.45, 2.75) is 19.9 Å². The van der Waals surface area contributed by atoms with E-state index < -0.39 is 23.8 Å². The number of aromatic nitrogens is 3. The molecule has 2 aromatic heterocycles. The monoisotopic (exact) mass is 389 g/mol. The van der Waals surface area contributed by atoms with Crippen LogP contribution in [0.4, 0.5) is 5.69 Å². The number of rotatable bonds is 5. The zero-order valence-corrected chi connectivity index (χ0v) is 15.9. The number of pyridine rings is 1. The molecule has 3 heterocycles. The lowest BCUT2D eigenvalue weighted by molar-refractivity contribution is -0.121. The third kappa shape index (κ3) is 3.29. The Morgan fingerprint density at radius 1 is 1.00 bits per heavy atom. The van der Waals surface area contributed by atoms with Crippen LogP contribution in [0, 0.1) is 5.92 Å². The summed E-state index contributed by atoms with van der Waals surface area (Å²) in [7, 11) is 0. The van der Waals surface area contributed by atoms with E-state index in [1.165, 1.54) is 6.20 Å². The predicted octanol–water partition coefficient (Wildman–Crippen LogP) is 2.53. The molecule has 8 nitrogen and oxygen atoms in total. The summed E-state index contributed by atoms with van der Waals surface area (Å²) in [4.78, 5) is 43.9. The van der Waals surface area contributed by atoms with Crippen molar-refractivity contribution in [2.75, 3.05) is 5.32 Å². The molecule has 146 valence electrons. The van der Waals surface area contributed by atoms with Crippen molar-refractivity contribution >= 4 is 23.4 Å². The highest BCUT2D eigenvalue weighted by molar-refractivity contribution is 6.23. The largest absolute Gasteiger partial charge is 0.323 e. The van der Waals surface area contributed by atoms with Crippen LogP contribution in [-0.2, 0) is 4.79 Å². The van der Waals surface area contributed by atoms with E-state index in [1.807, 2.05) is 0 Å². The molecule has 1 aliphatic rings. The fraction of sp³-hybridized carbons (Fsp3) is 0.190. The van der Waals surface area contributed by atoms with Crippen LogP contribution in [0.3, 0.4) is 0 Å². The highest BCUT2D eigenvalue weighted by Gasteiger charge is 2.43. The molecule has 3 aromatic rings. The standard InChI is InChI=1S/C21H19N5O3/c1-13(2)18(26-20(28)15-6-3-4-7-16(15)21(26)29)19(27)24-14-8-9-17(22-12-14)25-11-5-10-23-25/h3-13,18H,1-2H3,(H,24,27)/t18-/m0/s1. The van der Waals surface area contributed by atoms with Crippen LogP contribution >= 0.6 is 0 Å². The van der Waals surface area contributed by atoms with Crippen LogP contribution in [0.2, 0.25) is 0 Å². The van der Waals surface area contributed by atoms with Crippen LogP contribution in [0.25, 0.3) is 5.82 Å². The van der Waals surface area contributed by atoms with Gasteiger partial charge in [-0.05, 0) is 36.2 Å². The molecule has 0 bridgehead atoms. The van der Waals surface area contributed by atoms with Gasteiger partial charge in [-0.2, -0.15) is 5.10 Å². The first-order chi connectivity index (χ1) is 14.0. The summed E-state index contributed by atoms with van der Waals surface area (Å²) in [5, 5.41) is 6.87. The van der Waals surface area contributed by atoms with Crippen LogP contribution in [0.1, 0.15) is 34.6 Å². The van der Waals surface area contributed by atoms with Gasteiger partial charge in [-0.25, -0.2) is 9.67 Å². The number of amides is 3. The van der Waals surface area contributed by atoms with Gasteiger partial charge in [0.1, 0.15) is 6.04 Å². The molecule has 0 saturated carbocycles. The highest BCUT2D eigenvalue weighted by Crippen LogP contribution is 2.27. The fourth-order valence-electron chi connectivity index (χ4n) is 3.39. The maximum absolute atomic E-state index is 13.0. The van der Waals surface area contributed by atoms with Crippen molar-refractivity contribution in [2.24, 2.45) is 5.92 Å². The molecule has 1 atom stereocenters. The van der Waals surface area contributed by atoms with Gasteiger partial charge in [0.2, 0.25) is 5.91 Å². The molecule has 1 aliphatic heterocycles. The first-order valence-electron chi connectivity index (χ1n) is 9.21. The SMILES string of the molecule is CC(C)[C@@H](C(=O)Nc1ccc(-n2cccn2)nc1)N1C(=O)c2ccccc2C1=O. The Morgan fingerprint density at radius 2 is 1.69 bits per heavy atom. The van der Waals surface area contributed by atoms with Gasteiger partial charge in [0.05, 0.1) is 23.0 Å². The Morgan fingerprint density at radius 3 is 2.21 bits per heavy atom. The van der Waals surface area contributed by atoms with E-state index in [4.69, 9.17) is 0 Å². The summed E-state index contributed by atoms with van der Waals surface area (Å²) in [6.45, 7) is 3.60. The number of carbonyl (C=O) groups excluding carboxylic acids is 3. The fourth-order valence-corrected chi connectivity index (χ4v) is 3.39. The second-order valence-electron chi connectivity index (χ2n) is 7.06. The average molecular weight is 389 g/mol. The molecule has 0 spiro atoms. The number of anilines is 1. The smallest absolute Gasteiger partial charge is 0.262 e. The summed E-state index contributed by atoms with van der Waals surface area (Å²) in [6, 6.07) is 10.9. The van der Waals surface area contributed by atoms with E-state index in [0.29, 0.717) is 22.6 Å². The zero-order valence-electron chi connectivity index (χ0n) is 15.9. The molecule has 0 saturated heterocycles. The maximum atomic E-state index is 13.0. The van der Waals surface area contributed by atoms with Crippen LogP contribution in [0.15, 0.2) is 61.1 Å². The van der Waals surface area contributed by atoms with Gasteiger partial charge in [-0.1, -0.05) is 26.0 Å². The minimum absolute atomic E-state index is 0.270. The molecular weight excluding hydrogens is 370 g/mol. The normalized spacial score (nSPS) is 14.2. The number of fused-ring (bicyclic) bond motifs is 1. The topological polar surface area (TPSA) is 97.2 Å². The van der Waals surface area contributed by atoms with Crippen LogP contribution in [-0.4, -0.2) is 43.4 Å². The Balaban J connectivity index is 1.56. The van der Waals surface area contributed by atoms with Crippen molar-refractivity contribution in [3.63, 3.8) is 0 Å². The number of hydrogen-bond acceptors (Lipinski definition) is 5.